The molecule has 0 radical (unpaired) electrons. The first-order valence-corrected chi connectivity index (χ1v) is 20.7. The molecule has 53 heavy (non-hydrogen) atoms. The Morgan fingerprint density at radius 2 is 1.36 bits per heavy atom. The first kappa shape index (κ1) is 37.7. The van der Waals surface area contributed by atoms with Gasteiger partial charge in [-0.05, 0) is 77.4 Å². The Hall–Kier alpha value is -5.02. The van der Waals surface area contributed by atoms with E-state index in [9.17, 15) is 35.9 Å². The molecule has 6 aromatic rings. The fourth-order valence-corrected chi connectivity index (χ4v) is 10.6. The Bertz CT molecular complexity index is 2450. The maximum Gasteiger partial charge on any atom is 0.412 e. The van der Waals surface area contributed by atoms with Gasteiger partial charge in [0.2, 0.25) is 5.12 Å². The number of hydrogen-bond acceptors (Lipinski definition) is 7. The van der Waals surface area contributed by atoms with E-state index in [1.54, 1.807) is 0 Å². The van der Waals surface area contributed by atoms with Crippen LogP contribution in [0.2, 0.25) is 0 Å². The number of sulfonamides is 1. The molecule has 9 nitrogen and oxygen atoms in total. The van der Waals surface area contributed by atoms with Crippen LogP contribution < -0.4 is 9.62 Å². The lowest BCUT2D eigenvalue weighted by molar-refractivity contribution is -0.112. The summed E-state index contributed by atoms with van der Waals surface area (Å²) < 4.78 is 70.5. The fraction of sp³-hybridized carbons (Fsp3) is 0.128. The molecule has 14 heteroatoms. The lowest BCUT2D eigenvalue weighted by atomic mass is 9.66. The lowest BCUT2D eigenvalue weighted by Gasteiger charge is -2.40. The van der Waals surface area contributed by atoms with Crippen LogP contribution in [0.3, 0.4) is 0 Å². The summed E-state index contributed by atoms with van der Waals surface area (Å²) in [5.74, 6) is -0.542. The Balaban J connectivity index is 1.48. The Morgan fingerprint density at radius 1 is 0.830 bits per heavy atom. The third-order valence-electron chi connectivity index (χ3n) is 9.09. The molecule has 0 aliphatic heterocycles. The number of thiol groups is 1. The molecule has 0 fully saturated rings. The van der Waals surface area contributed by atoms with Gasteiger partial charge >= 0.3 is 6.09 Å². The van der Waals surface area contributed by atoms with Crippen molar-refractivity contribution in [3.8, 4) is 0 Å². The molecule has 1 heterocycles. The van der Waals surface area contributed by atoms with E-state index in [4.69, 9.17) is 0 Å². The number of nitrogens with one attached hydrogen (secondary N) is 1. The maximum atomic E-state index is 14.0. The molecule has 1 atom stereocenters. The number of hydrogen-bond donors (Lipinski definition) is 3. The van der Waals surface area contributed by atoms with Gasteiger partial charge in [0.1, 0.15) is 16.1 Å². The molecule has 6 rings (SSSR count). The van der Waals surface area contributed by atoms with Crippen molar-refractivity contribution < 1.29 is 35.9 Å². The Kier molecular flexibility index (Phi) is 10.5. The summed E-state index contributed by atoms with van der Waals surface area (Å²) in [6.07, 6.45) is -0.857. The molecule has 1 aromatic heterocycles. The van der Waals surface area contributed by atoms with E-state index in [0.29, 0.717) is 10.1 Å². The normalized spacial score (nSPS) is 12.7. The van der Waals surface area contributed by atoms with Crippen molar-refractivity contribution >= 4 is 76.5 Å². The zero-order valence-electron chi connectivity index (χ0n) is 28.3. The number of carboxylic acid groups (broad SMARTS) is 1. The van der Waals surface area contributed by atoms with E-state index in [-0.39, 0.29) is 27.6 Å². The highest BCUT2D eigenvalue weighted by molar-refractivity contribution is 7.96. The van der Waals surface area contributed by atoms with E-state index in [0.717, 1.165) is 51.3 Å². The van der Waals surface area contributed by atoms with Crippen LogP contribution in [-0.2, 0) is 30.1 Å². The van der Waals surface area contributed by atoms with Crippen molar-refractivity contribution in [2.75, 3.05) is 15.9 Å². The summed E-state index contributed by atoms with van der Waals surface area (Å²) in [4.78, 5) is 27.0. The molecule has 0 bridgehead atoms. The van der Waals surface area contributed by atoms with Gasteiger partial charge in [-0.2, -0.15) is 0 Å². The van der Waals surface area contributed by atoms with Gasteiger partial charge in [0.25, 0.3) is 10.0 Å². The number of nitrogens with zero attached hydrogens (tertiary/aromatic N) is 1. The standard InChI is InChI=1S/C39H33FN2O7S4/c1-25-31-22-29(40)18-21-34(31)51-37(25)53(48,49)41-32-20-19-30(23-35(32)52(2,46)47)42(38(44)45)33(36(43)50)24-39(26-12-6-3-7-13-26,27-14-8-4-9-15-27)28-16-10-5-11-17-28/h3-23,33,41H,24H2,1-2H3,(H,43,50)(H,44,45)/t33-/m1/s1. The Morgan fingerprint density at radius 3 is 1.83 bits per heavy atom. The lowest BCUT2D eigenvalue weighted by Crippen LogP contribution is -2.48. The first-order chi connectivity index (χ1) is 25.1. The minimum Gasteiger partial charge on any atom is -0.465 e. The predicted octanol–water partition coefficient (Wildman–Crippen LogP) is 8.29. The third kappa shape index (κ3) is 7.45. The van der Waals surface area contributed by atoms with Gasteiger partial charge in [-0.15, -0.1) is 24.0 Å². The van der Waals surface area contributed by atoms with E-state index in [1.807, 2.05) is 91.0 Å². The molecule has 0 spiro atoms. The van der Waals surface area contributed by atoms with Crippen LogP contribution in [0.25, 0.3) is 10.1 Å². The molecule has 1 amide bonds. The number of carbonyl (C=O) groups is 2. The molecule has 2 N–H and O–H groups in total. The average Bonchev–Trinajstić information content (AvgIpc) is 3.46. The van der Waals surface area contributed by atoms with Gasteiger partial charge in [0, 0.05) is 22.1 Å². The van der Waals surface area contributed by atoms with Gasteiger partial charge in [-0.25, -0.2) is 26.0 Å². The van der Waals surface area contributed by atoms with E-state index >= 15 is 0 Å². The number of halogens is 1. The summed E-state index contributed by atoms with van der Waals surface area (Å²) in [7, 11) is -8.63. The molecular formula is C39H33FN2O7S4. The van der Waals surface area contributed by atoms with Gasteiger partial charge in [-0.3, -0.25) is 14.4 Å². The SMILES string of the molecule is Cc1c(S(=O)(=O)Nc2ccc(N(C(=O)O)[C@H](CC(c3ccccc3)(c3ccccc3)c3ccccc3)C(=O)S)cc2S(C)(=O)=O)sc2ccc(F)cc12. The topological polar surface area (TPSA) is 138 Å². The van der Waals surface area contributed by atoms with Crippen LogP contribution in [0.15, 0.2) is 136 Å². The number of sulfone groups is 1. The summed E-state index contributed by atoms with van der Waals surface area (Å²) in [6.45, 7) is 1.52. The highest BCUT2D eigenvalue weighted by Crippen LogP contribution is 2.45. The van der Waals surface area contributed by atoms with Gasteiger partial charge < -0.3 is 5.11 Å². The second-order valence-corrected chi connectivity index (χ2v) is 17.8. The molecular weight excluding hydrogens is 756 g/mol. The number of amides is 1. The van der Waals surface area contributed by atoms with E-state index < -0.39 is 53.2 Å². The van der Waals surface area contributed by atoms with Crippen molar-refractivity contribution in [2.45, 2.75) is 33.9 Å². The van der Waals surface area contributed by atoms with Crippen molar-refractivity contribution in [3.63, 3.8) is 0 Å². The molecule has 0 unspecified atom stereocenters. The van der Waals surface area contributed by atoms with E-state index in [1.165, 1.54) is 31.2 Å². The zero-order valence-corrected chi connectivity index (χ0v) is 31.6. The maximum absolute atomic E-state index is 14.0. The largest absolute Gasteiger partial charge is 0.465 e. The second kappa shape index (κ2) is 14.8. The van der Waals surface area contributed by atoms with Crippen LogP contribution in [-0.4, -0.2) is 45.4 Å². The molecule has 0 aliphatic carbocycles. The molecule has 0 aliphatic rings. The monoisotopic (exact) mass is 788 g/mol. The summed E-state index contributed by atoms with van der Waals surface area (Å²) in [5, 5.41) is 10.3. The van der Waals surface area contributed by atoms with Crippen molar-refractivity contribution in [1.29, 1.82) is 0 Å². The number of rotatable bonds is 12. The van der Waals surface area contributed by atoms with Crippen molar-refractivity contribution in [1.82, 2.24) is 0 Å². The van der Waals surface area contributed by atoms with Crippen molar-refractivity contribution in [3.05, 3.63) is 155 Å². The smallest absolute Gasteiger partial charge is 0.412 e. The van der Waals surface area contributed by atoms with Crippen LogP contribution in [0.4, 0.5) is 20.6 Å². The van der Waals surface area contributed by atoms with E-state index in [2.05, 4.69) is 17.4 Å². The predicted molar refractivity (Wildman–Crippen MR) is 209 cm³/mol. The average molecular weight is 789 g/mol. The minimum atomic E-state index is -4.41. The van der Waals surface area contributed by atoms with Crippen molar-refractivity contribution in [2.24, 2.45) is 0 Å². The molecule has 0 saturated heterocycles. The number of fused-ring (bicyclic) bond motifs is 1. The number of carbonyl (C=O) groups excluding carboxylic acids is 1. The number of benzene rings is 5. The fourth-order valence-electron chi connectivity index (χ4n) is 6.69. The van der Waals surface area contributed by atoms with Crippen LogP contribution in [0.1, 0.15) is 28.7 Å². The van der Waals surface area contributed by atoms with Crippen LogP contribution in [0.5, 0.6) is 0 Å². The molecule has 5 aromatic carbocycles. The second-order valence-electron chi connectivity index (χ2n) is 12.4. The number of anilines is 2. The molecule has 272 valence electrons. The summed E-state index contributed by atoms with van der Waals surface area (Å²) >= 11 is 5.08. The van der Waals surface area contributed by atoms with Gasteiger partial charge in [0.05, 0.1) is 10.6 Å². The highest BCUT2D eigenvalue weighted by Gasteiger charge is 2.43. The third-order valence-corrected chi connectivity index (χ3v) is 13.8. The van der Waals surface area contributed by atoms with Crippen LogP contribution in [0, 0.1) is 12.7 Å². The summed E-state index contributed by atoms with van der Waals surface area (Å²) in [5.41, 5.74) is 0.936. The van der Waals surface area contributed by atoms with Gasteiger partial charge in [-0.1, -0.05) is 91.0 Å². The number of aryl methyl sites for hydroxylation is 1. The van der Waals surface area contributed by atoms with Gasteiger partial charge in [0.15, 0.2) is 9.84 Å². The quantitative estimate of drug-likeness (QED) is 0.0839. The first-order valence-electron chi connectivity index (χ1n) is 16.1. The minimum absolute atomic E-state index is 0.145. The van der Waals surface area contributed by atoms with Crippen LogP contribution >= 0.6 is 24.0 Å². The number of thiophene rings is 1. The summed E-state index contributed by atoms with van der Waals surface area (Å²) in [6, 6.07) is 33.8. The zero-order chi connectivity index (χ0) is 38.1. The highest BCUT2D eigenvalue weighted by atomic mass is 32.2. The molecule has 0 saturated carbocycles. The Labute approximate surface area is 316 Å².